The van der Waals surface area contributed by atoms with Crippen LogP contribution < -0.4 is 5.32 Å². The molecule has 3 rings (SSSR count). The average molecular weight is 385 g/mol. The van der Waals surface area contributed by atoms with Crippen LogP contribution in [0, 0.1) is 10.1 Å². The summed E-state index contributed by atoms with van der Waals surface area (Å²) in [6.45, 7) is 0. The molecule has 0 fully saturated rings. The third-order valence-electron chi connectivity index (χ3n) is 3.73. The van der Waals surface area contributed by atoms with Crippen molar-refractivity contribution in [1.82, 2.24) is 9.78 Å². The van der Waals surface area contributed by atoms with Crippen LogP contribution in [-0.2, 0) is 7.05 Å². The topological polar surface area (TPSA) is 107 Å². The number of amides is 1. The number of anilines is 1. The Morgan fingerprint density at radius 1 is 1.19 bits per heavy atom. The van der Waals surface area contributed by atoms with Gasteiger partial charge in [-0.25, -0.2) is 0 Å². The van der Waals surface area contributed by atoms with Gasteiger partial charge < -0.3 is 5.32 Å². The highest BCUT2D eigenvalue weighted by molar-refractivity contribution is 6.31. The average Bonchev–Trinajstić information content (AvgIpc) is 3.05. The van der Waals surface area contributed by atoms with Crippen molar-refractivity contribution in [2.75, 3.05) is 5.32 Å². The molecule has 0 aliphatic rings. The minimum absolute atomic E-state index is 0.167. The highest BCUT2D eigenvalue weighted by Crippen LogP contribution is 2.25. The summed E-state index contributed by atoms with van der Waals surface area (Å²) in [5, 5.41) is 17.8. The highest BCUT2D eigenvalue weighted by atomic mass is 35.5. The lowest BCUT2D eigenvalue weighted by molar-refractivity contribution is -0.385. The number of carbonyl (C=O) groups is 2. The Morgan fingerprint density at radius 2 is 1.89 bits per heavy atom. The number of nitro groups is 1. The van der Waals surface area contributed by atoms with Crippen molar-refractivity contribution in [3.05, 3.63) is 86.7 Å². The molecule has 27 heavy (non-hydrogen) atoms. The third-order valence-corrected chi connectivity index (χ3v) is 3.97. The lowest BCUT2D eigenvalue weighted by atomic mass is 10.0. The summed E-state index contributed by atoms with van der Waals surface area (Å²) in [5.41, 5.74) is -0.0200. The third kappa shape index (κ3) is 3.85. The Kier molecular flexibility index (Phi) is 5.00. The Balaban J connectivity index is 1.98. The molecule has 0 unspecified atom stereocenters. The van der Waals surface area contributed by atoms with E-state index < -0.39 is 16.5 Å². The molecule has 0 saturated heterocycles. The first-order chi connectivity index (χ1) is 12.9. The molecule has 0 aliphatic carbocycles. The second kappa shape index (κ2) is 7.38. The maximum atomic E-state index is 12.8. The number of ketones is 1. The minimum Gasteiger partial charge on any atom is -0.320 e. The smallest absolute Gasteiger partial charge is 0.320 e. The number of nitrogens with one attached hydrogen (secondary N) is 1. The van der Waals surface area contributed by atoms with Gasteiger partial charge in [-0.1, -0.05) is 41.9 Å². The van der Waals surface area contributed by atoms with E-state index in [9.17, 15) is 19.7 Å². The van der Waals surface area contributed by atoms with E-state index >= 15 is 0 Å². The fraction of sp³-hybridized carbons (Fsp3) is 0.0556. The second-order valence-corrected chi connectivity index (χ2v) is 6.07. The molecule has 0 saturated carbocycles. The van der Waals surface area contributed by atoms with Crippen LogP contribution in [0.5, 0.6) is 0 Å². The van der Waals surface area contributed by atoms with E-state index in [4.69, 9.17) is 11.6 Å². The number of aromatic nitrogens is 2. The lowest BCUT2D eigenvalue weighted by Crippen LogP contribution is -2.17. The molecule has 1 amide bonds. The van der Waals surface area contributed by atoms with Crippen molar-refractivity contribution < 1.29 is 14.5 Å². The van der Waals surface area contributed by atoms with E-state index in [0.29, 0.717) is 10.6 Å². The molecule has 0 bridgehead atoms. The van der Waals surface area contributed by atoms with Crippen LogP contribution >= 0.6 is 11.6 Å². The quantitative estimate of drug-likeness (QED) is 0.411. The largest absolute Gasteiger partial charge is 0.320 e. The van der Waals surface area contributed by atoms with Gasteiger partial charge in [0.1, 0.15) is 6.20 Å². The molecule has 9 heteroatoms. The van der Waals surface area contributed by atoms with E-state index in [1.54, 1.807) is 30.3 Å². The Hall–Kier alpha value is -3.52. The maximum absolute atomic E-state index is 12.8. The molecule has 8 nitrogen and oxygen atoms in total. The van der Waals surface area contributed by atoms with Crippen LogP contribution in [0.3, 0.4) is 0 Å². The van der Waals surface area contributed by atoms with Crippen LogP contribution in [-0.4, -0.2) is 26.4 Å². The fourth-order valence-electron chi connectivity index (χ4n) is 2.51. The number of aryl methyl sites for hydroxylation is 1. The summed E-state index contributed by atoms with van der Waals surface area (Å²) in [6.07, 6.45) is 1.13. The fourth-order valence-corrected chi connectivity index (χ4v) is 2.68. The van der Waals surface area contributed by atoms with Crippen molar-refractivity contribution >= 4 is 34.7 Å². The predicted octanol–water partition coefficient (Wildman–Crippen LogP) is 3.47. The van der Waals surface area contributed by atoms with Gasteiger partial charge in [0.25, 0.3) is 5.91 Å². The summed E-state index contributed by atoms with van der Waals surface area (Å²) in [7, 11) is 1.47. The molecular formula is C18H13ClN4O4. The molecule has 3 aromatic rings. The lowest BCUT2D eigenvalue weighted by Gasteiger charge is -2.10. The molecule has 1 heterocycles. The van der Waals surface area contributed by atoms with Gasteiger partial charge in [0.15, 0.2) is 5.78 Å². The molecule has 1 aromatic heterocycles. The van der Waals surface area contributed by atoms with E-state index in [1.165, 1.54) is 29.9 Å². The first-order valence-corrected chi connectivity index (χ1v) is 8.13. The summed E-state index contributed by atoms with van der Waals surface area (Å²) in [4.78, 5) is 35.7. The SMILES string of the molecule is Cn1cc([N+](=O)[O-])c(C(=O)Nc2ccc(Cl)cc2C(=O)c2ccccc2)n1. The summed E-state index contributed by atoms with van der Waals surface area (Å²) < 4.78 is 1.17. The number of hydrogen-bond donors (Lipinski definition) is 1. The number of hydrogen-bond acceptors (Lipinski definition) is 5. The molecule has 0 spiro atoms. The summed E-state index contributed by atoms with van der Waals surface area (Å²) in [5.74, 6) is -1.14. The van der Waals surface area contributed by atoms with E-state index in [2.05, 4.69) is 10.4 Å². The number of rotatable bonds is 5. The molecule has 0 atom stereocenters. The van der Waals surface area contributed by atoms with Gasteiger partial charge in [-0.05, 0) is 18.2 Å². The highest BCUT2D eigenvalue weighted by Gasteiger charge is 2.26. The van der Waals surface area contributed by atoms with E-state index in [1.807, 2.05) is 0 Å². The molecule has 1 N–H and O–H groups in total. The van der Waals surface area contributed by atoms with Gasteiger partial charge in [0.05, 0.1) is 10.6 Å². The van der Waals surface area contributed by atoms with Gasteiger partial charge in [0.2, 0.25) is 5.69 Å². The van der Waals surface area contributed by atoms with E-state index in [0.717, 1.165) is 6.20 Å². The zero-order chi connectivity index (χ0) is 19.6. The molecule has 0 aliphatic heterocycles. The van der Waals surface area contributed by atoms with Crippen molar-refractivity contribution in [3.63, 3.8) is 0 Å². The number of benzene rings is 2. The van der Waals surface area contributed by atoms with Crippen molar-refractivity contribution in [2.45, 2.75) is 0 Å². The standard InChI is InChI=1S/C18H13ClN4O4/c1-22-10-15(23(26)27)16(21-22)18(25)20-14-8-7-12(19)9-13(14)17(24)11-5-3-2-4-6-11/h2-10H,1H3,(H,20,25). The molecule has 0 radical (unpaired) electrons. The minimum atomic E-state index is -0.799. The van der Waals surface area contributed by atoms with Crippen LogP contribution in [0.15, 0.2) is 54.7 Å². The number of nitrogens with zero attached hydrogens (tertiary/aromatic N) is 3. The van der Waals surface area contributed by atoms with Crippen molar-refractivity contribution in [1.29, 1.82) is 0 Å². The van der Waals surface area contributed by atoms with Gasteiger partial charge >= 0.3 is 5.69 Å². The Morgan fingerprint density at radius 3 is 2.56 bits per heavy atom. The summed E-state index contributed by atoms with van der Waals surface area (Å²) >= 11 is 6.00. The van der Waals surface area contributed by atoms with Crippen LogP contribution in [0.25, 0.3) is 0 Å². The maximum Gasteiger partial charge on any atom is 0.320 e. The Bertz CT molecular complexity index is 1050. The molecular weight excluding hydrogens is 372 g/mol. The van der Waals surface area contributed by atoms with Gasteiger partial charge in [0, 0.05) is 23.2 Å². The zero-order valence-electron chi connectivity index (χ0n) is 14.0. The second-order valence-electron chi connectivity index (χ2n) is 5.63. The van der Waals surface area contributed by atoms with Crippen LogP contribution in [0.4, 0.5) is 11.4 Å². The van der Waals surface area contributed by atoms with Crippen molar-refractivity contribution in [3.8, 4) is 0 Å². The zero-order valence-corrected chi connectivity index (χ0v) is 14.8. The summed E-state index contributed by atoms with van der Waals surface area (Å²) in [6, 6.07) is 12.9. The molecule has 2 aromatic carbocycles. The van der Waals surface area contributed by atoms with Gasteiger partial charge in [-0.2, -0.15) is 5.10 Å². The van der Waals surface area contributed by atoms with Gasteiger partial charge in [-0.3, -0.25) is 24.4 Å². The van der Waals surface area contributed by atoms with Crippen LogP contribution in [0.1, 0.15) is 26.4 Å². The van der Waals surface area contributed by atoms with Gasteiger partial charge in [-0.15, -0.1) is 0 Å². The number of carbonyl (C=O) groups excluding carboxylic acids is 2. The monoisotopic (exact) mass is 384 g/mol. The first-order valence-electron chi connectivity index (χ1n) is 7.75. The predicted molar refractivity (Wildman–Crippen MR) is 99.1 cm³/mol. The number of halogens is 1. The molecule has 136 valence electrons. The first kappa shape index (κ1) is 18.3. The Labute approximate surface area is 158 Å². The normalized spacial score (nSPS) is 10.4. The van der Waals surface area contributed by atoms with Crippen LogP contribution in [0.2, 0.25) is 5.02 Å². The van der Waals surface area contributed by atoms with Crippen molar-refractivity contribution in [2.24, 2.45) is 7.05 Å². The van der Waals surface area contributed by atoms with E-state index in [-0.39, 0.29) is 22.7 Å².